The lowest BCUT2D eigenvalue weighted by molar-refractivity contribution is -0.138. The highest BCUT2D eigenvalue weighted by atomic mass is 32.1. The van der Waals surface area contributed by atoms with Crippen LogP contribution in [0.15, 0.2) is 29.8 Å². The van der Waals surface area contributed by atoms with Crippen molar-refractivity contribution in [3.8, 4) is 0 Å². The number of ether oxygens (including phenoxy) is 1. The predicted molar refractivity (Wildman–Crippen MR) is 80.1 cm³/mol. The highest BCUT2D eigenvalue weighted by Gasteiger charge is 2.27. The minimum absolute atomic E-state index is 0.137. The Balaban J connectivity index is 1.66. The molecule has 0 radical (unpaired) electrons. The van der Waals surface area contributed by atoms with Gasteiger partial charge in [0, 0.05) is 23.3 Å². The van der Waals surface area contributed by atoms with Crippen molar-refractivity contribution in [2.45, 2.75) is 19.4 Å². The van der Waals surface area contributed by atoms with Crippen LogP contribution in [0.3, 0.4) is 0 Å². The summed E-state index contributed by atoms with van der Waals surface area (Å²) in [6, 6.07) is 5.81. The van der Waals surface area contributed by atoms with Gasteiger partial charge in [0.15, 0.2) is 5.82 Å². The molecule has 0 N–H and O–H groups in total. The Morgan fingerprint density at radius 1 is 1.52 bits per heavy atom. The summed E-state index contributed by atoms with van der Waals surface area (Å²) in [6.45, 7) is 3.60. The van der Waals surface area contributed by atoms with Crippen molar-refractivity contribution in [2.75, 3.05) is 19.7 Å². The molecule has 110 valence electrons. The van der Waals surface area contributed by atoms with Crippen LogP contribution in [-0.4, -0.2) is 40.5 Å². The number of amides is 1. The summed E-state index contributed by atoms with van der Waals surface area (Å²) in [5.74, 6) is 0.794. The number of aromatic nitrogens is 2. The maximum absolute atomic E-state index is 12.3. The average molecular weight is 303 g/mol. The zero-order valence-electron chi connectivity index (χ0n) is 11.9. The van der Waals surface area contributed by atoms with Crippen molar-refractivity contribution in [3.05, 3.63) is 46.2 Å². The molecule has 0 spiro atoms. The number of hydrogen-bond acceptors (Lipinski definition) is 5. The molecule has 3 rings (SSSR count). The summed E-state index contributed by atoms with van der Waals surface area (Å²) in [4.78, 5) is 23.9. The predicted octanol–water partition coefficient (Wildman–Crippen LogP) is 1.99. The first kappa shape index (κ1) is 14.2. The van der Waals surface area contributed by atoms with E-state index in [0.29, 0.717) is 31.9 Å². The first-order valence-corrected chi connectivity index (χ1v) is 7.81. The quantitative estimate of drug-likeness (QED) is 0.870. The minimum Gasteiger partial charge on any atom is -0.367 e. The van der Waals surface area contributed by atoms with Gasteiger partial charge in [-0.3, -0.25) is 4.79 Å². The number of carbonyl (C=O) groups excluding carboxylic acids is 1. The van der Waals surface area contributed by atoms with Crippen LogP contribution in [0.5, 0.6) is 0 Å². The van der Waals surface area contributed by atoms with Gasteiger partial charge in [-0.25, -0.2) is 9.97 Å². The topological polar surface area (TPSA) is 55.3 Å². The molecular formula is C15H17N3O2S. The van der Waals surface area contributed by atoms with Gasteiger partial charge in [0.05, 0.1) is 19.6 Å². The van der Waals surface area contributed by atoms with E-state index in [-0.39, 0.29) is 12.0 Å². The van der Waals surface area contributed by atoms with Crippen molar-refractivity contribution in [1.82, 2.24) is 14.9 Å². The second-order valence-electron chi connectivity index (χ2n) is 5.01. The Morgan fingerprint density at radius 3 is 3.19 bits per heavy atom. The number of thiophene rings is 1. The van der Waals surface area contributed by atoms with Crippen LogP contribution >= 0.6 is 11.3 Å². The number of aryl methyl sites for hydroxylation is 1. The van der Waals surface area contributed by atoms with Crippen molar-refractivity contribution in [1.29, 1.82) is 0 Å². The highest BCUT2D eigenvalue weighted by molar-refractivity contribution is 7.10. The van der Waals surface area contributed by atoms with Gasteiger partial charge in [-0.05, 0) is 24.4 Å². The summed E-state index contributed by atoms with van der Waals surface area (Å²) in [7, 11) is 0. The molecule has 1 fully saturated rings. The van der Waals surface area contributed by atoms with E-state index in [4.69, 9.17) is 4.74 Å². The van der Waals surface area contributed by atoms with E-state index in [1.807, 2.05) is 35.4 Å². The monoisotopic (exact) mass is 303 g/mol. The number of hydrogen-bond donors (Lipinski definition) is 0. The molecule has 1 aliphatic heterocycles. The van der Waals surface area contributed by atoms with Crippen molar-refractivity contribution in [2.24, 2.45) is 0 Å². The Labute approximate surface area is 127 Å². The van der Waals surface area contributed by atoms with E-state index in [1.165, 1.54) is 0 Å². The molecule has 5 nitrogen and oxygen atoms in total. The van der Waals surface area contributed by atoms with Crippen LogP contribution in [0.1, 0.15) is 22.5 Å². The van der Waals surface area contributed by atoms with Crippen molar-refractivity contribution < 1.29 is 9.53 Å². The lowest BCUT2D eigenvalue weighted by Crippen LogP contribution is -2.43. The van der Waals surface area contributed by atoms with Crippen molar-refractivity contribution in [3.63, 3.8) is 0 Å². The summed E-state index contributed by atoms with van der Waals surface area (Å²) in [5.41, 5.74) is 0.908. The fourth-order valence-corrected chi connectivity index (χ4v) is 3.03. The van der Waals surface area contributed by atoms with Crippen molar-refractivity contribution >= 4 is 17.2 Å². The molecular weight excluding hydrogens is 286 g/mol. The van der Waals surface area contributed by atoms with Crippen LogP contribution in [0.25, 0.3) is 0 Å². The van der Waals surface area contributed by atoms with Gasteiger partial charge >= 0.3 is 0 Å². The molecule has 2 aromatic heterocycles. The zero-order valence-corrected chi connectivity index (χ0v) is 12.7. The summed E-state index contributed by atoms with van der Waals surface area (Å²) in [6.07, 6.45) is 1.96. The summed E-state index contributed by atoms with van der Waals surface area (Å²) < 4.78 is 5.72. The molecule has 0 aromatic carbocycles. The molecule has 0 aliphatic carbocycles. The van der Waals surface area contributed by atoms with Gasteiger partial charge in [0.2, 0.25) is 5.91 Å². The largest absolute Gasteiger partial charge is 0.367 e. The van der Waals surface area contributed by atoms with Gasteiger partial charge in [-0.2, -0.15) is 0 Å². The lowest BCUT2D eigenvalue weighted by Gasteiger charge is -2.32. The van der Waals surface area contributed by atoms with Crippen LogP contribution in [0.4, 0.5) is 0 Å². The minimum atomic E-state index is -0.231. The van der Waals surface area contributed by atoms with Crippen LogP contribution in [-0.2, 0) is 16.0 Å². The fraction of sp³-hybridized carbons (Fsp3) is 0.400. The average Bonchev–Trinajstić information content (AvgIpc) is 3.00. The Hall–Kier alpha value is -1.79. The Bertz CT molecular complexity index is 615. The van der Waals surface area contributed by atoms with Gasteiger partial charge in [-0.1, -0.05) is 6.07 Å². The maximum atomic E-state index is 12.3. The number of rotatable bonds is 3. The Kier molecular flexibility index (Phi) is 4.26. The number of morpholine rings is 1. The molecule has 1 aliphatic rings. The molecule has 0 unspecified atom stereocenters. The molecule has 1 amide bonds. The van der Waals surface area contributed by atoms with Gasteiger partial charge < -0.3 is 9.64 Å². The third-order valence-electron chi connectivity index (χ3n) is 3.43. The van der Waals surface area contributed by atoms with E-state index in [1.54, 1.807) is 17.5 Å². The number of carbonyl (C=O) groups is 1. The zero-order chi connectivity index (χ0) is 14.7. The molecule has 21 heavy (non-hydrogen) atoms. The molecule has 0 bridgehead atoms. The summed E-state index contributed by atoms with van der Waals surface area (Å²) in [5, 5.41) is 1.99. The second kappa shape index (κ2) is 6.32. The van der Waals surface area contributed by atoms with E-state index in [9.17, 15) is 4.79 Å². The smallest absolute Gasteiger partial charge is 0.228 e. The third kappa shape index (κ3) is 3.46. The molecule has 6 heteroatoms. The van der Waals surface area contributed by atoms with E-state index in [0.717, 1.165) is 10.6 Å². The standard InChI is InChI=1S/C15H17N3O2S/c1-11-4-5-16-15(17-11)13-10-18(6-7-20-13)14(19)9-12-3-2-8-21-12/h2-5,8,13H,6-7,9-10H2,1H3/t13-/m1/s1. The summed E-state index contributed by atoms with van der Waals surface area (Å²) >= 11 is 1.61. The Morgan fingerprint density at radius 2 is 2.43 bits per heavy atom. The van der Waals surface area contributed by atoms with E-state index >= 15 is 0 Å². The molecule has 1 saturated heterocycles. The second-order valence-corrected chi connectivity index (χ2v) is 6.04. The maximum Gasteiger partial charge on any atom is 0.228 e. The normalized spacial score (nSPS) is 18.7. The van der Waals surface area contributed by atoms with Gasteiger partial charge in [0.1, 0.15) is 6.10 Å². The SMILES string of the molecule is Cc1ccnc([C@H]2CN(C(=O)Cc3cccs3)CCO2)n1. The van der Waals surface area contributed by atoms with Crippen LogP contribution < -0.4 is 0 Å². The van der Waals surface area contributed by atoms with Gasteiger partial charge in [-0.15, -0.1) is 11.3 Å². The number of nitrogens with zero attached hydrogens (tertiary/aromatic N) is 3. The van der Waals surface area contributed by atoms with E-state index < -0.39 is 0 Å². The third-order valence-corrected chi connectivity index (χ3v) is 4.30. The van der Waals surface area contributed by atoms with Gasteiger partial charge in [0.25, 0.3) is 0 Å². The highest BCUT2D eigenvalue weighted by Crippen LogP contribution is 2.20. The first-order chi connectivity index (χ1) is 10.2. The van der Waals surface area contributed by atoms with Crippen LogP contribution in [0, 0.1) is 6.92 Å². The lowest BCUT2D eigenvalue weighted by atomic mass is 10.2. The van der Waals surface area contributed by atoms with Crippen LogP contribution in [0.2, 0.25) is 0 Å². The molecule has 2 aromatic rings. The molecule has 3 heterocycles. The fourth-order valence-electron chi connectivity index (χ4n) is 2.33. The van der Waals surface area contributed by atoms with E-state index in [2.05, 4.69) is 9.97 Å². The first-order valence-electron chi connectivity index (χ1n) is 6.93. The molecule has 0 saturated carbocycles. The molecule has 1 atom stereocenters.